The van der Waals surface area contributed by atoms with Gasteiger partial charge in [0.1, 0.15) is 6.61 Å². The summed E-state index contributed by atoms with van der Waals surface area (Å²) in [7, 11) is 0. The number of nitro benzene ring substituents is 1. The van der Waals surface area contributed by atoms with Crippen molar-refractivity contribution >= 4 is 34.6 Å². The van der Waals surface area contributed by atoms with Crippen LogP contribution in [0.25, 0.3) is 0 Å². The van der Waals surface area contributed by atoms with E-state index in [1.54, 1.807) is 0 Å². The van der Waals surface area contributed by atoms with Gasteiger partial charge < -0.3 is 15.8 Å². The van der Waals surface area contributed by atoms with Gasteiger partial charge in [0.05, 0.1) is 9.95 Å². The van der Waals surface area contributed by atoms with Crippen LogP contribution in [-0.4, -0.2) is 18.1 Å². The molecule has 23 heavy (non-hydrogen) atoms. The third kappa shape index (κ3) is 4.99. The van der Waals surface area contributed by atoms with E-state index >= 15 is 0 Å². The highest BCUT2D eigenvalue weighted by Gasteiger charge is 2.17. The van der Waals surface area contributed by atoms with E-state index in [0.29, 0.717) is 24.7 Å². The zero-order chi connectivity index (χ0) is 16.8. The molecule has 0 radical (unpaired) electrons. The molecule has 122 valence electrons. The number of nitrogens with zero attached hydrogens (tertiary/aromatic N) is 1. The lowest BCUT2D eigenvalue weighted by atomic mass is 10.2. The van der Waals surface area contributed by atoms with E-state index in [1.165, 1.54) is 12.1 Å². The predicted molar refractivity (Wildman–Crippen MR) is 91.2 cm³/mol. The molecule has 0 amide bonds. The topological polar surface area (TPSA) is 90.4 Å². The minimum absolute atomic E-state index is 0.0305. The summed E-state index contributed by atoms with van der Waals surface area (Å²) >= 11 is 11.6. The molecule has 0 saturated carbocycles. The molecule has 6 nitrogen and oxygen atoms in total. The Kier molecular flexibility index (Phi) is 6.04. The number of rotatable bonds is 7. The molecule has 0 fully saturated rings. The monoisotopic (exact) mass is 355 g/mol. The normalized spacial score (nSPS) is 10.5. The van der Waals surface area contributed by atoms with E-state index in [2.05, 4.69) is 5.32 Å². The Balaban J connectivity index is 1.84. The number of nitrogens with two attached hydrogens (primary N) is 1. The number of hydrogen-bond acceptors (Lipinski definition) is 5. The minimum Gasteiger partial charge on any atom is -0.490 e. The quantitative estimate of drug-likeness (QED) is 0.342. The number of benzene rings is 2. The summed E-state index contributed by atoms with van der Waals surface area (Å²) in [5.74, 6) is 0.206. The average molecular weight is 356 g/mol. The van der Waals surface area contributed by atoms with E-state index in [4.69, 9.17) is 33.7 Å². The highest BCUT2D eigenvalue weighted by molar-refractivity contribution is 6.31. The maximum absolute atomic E-state index is 10.9. The molecule has 0 heterocycles. The van der Waals surface area contributed by atoms with Crippen LogP contribution in [0.1, 0.15) is 5.56 Å². The number of nitro groups is 1. The van der Waals surface area contributed by atoms with E-state index in [1.807, 2.05) is 24.3 Å². The number of hydrogen-bond donors (Lipinski definition) is 2. The second kappa shape index (κ2) is 8.01. The van der Waals surface area contributed by atoms with Crippen molar-refractivity contribution in [3.8, 4) is 5.75 Å². The fraction of sp³-hybridized carbons (Fsp3) is 0.200. The van der Waals surface area contributed by atoms with Crippen molar-refractivity contribution in [2.75, 3.05) is 18.9 Å². The maximum atomic E-state index is 10.9. The van der Waals surface area contributed by atoms with Crippen molar-refractivity contribution in [2.24, 2.45) is 0 Å². The number of anilines is 1. The fourth-order valence-electron chi connectivity index (χ4n) is 1.92. The number of halogens is 2. The Hall–Kier alpha value is -2.02. The van der Waals surface area contributed by atoms with Crippen molar-refractivity contribution in [3.63, 3.8) is 0 Å². The molecule has 0 saturated heterocycles. The predicted octanol–water partition coefficient (Wildman–Crippen LogP) is 3.65. The molecule has 3 N–H and O–H groups in total. The third-order valence-electron chi connectivity index (χ3n) is 3.06. The molecule has 0 aliphatic carbocycles. The Labute approximate surface area is 143 Å². The van der Waals surface area contributed by atoms with Gasteiger partial charge in [-0.2, -0.15) is 0 Å². The summed E-state index contributed by atoms with van der Waals surface area (Å²) in [4.78, 5) is 10.3. The molecule has 2 aromatic rings. The summed E-state index contributed by atoms with van der Waals surface area (Å²) in [5.41, 5.74) is 6.51. The van der Waals surface area contributed by atoms with E-state index < -0.39 is 4.92 Å². The van der Waals surface area contributed by atoms with Crippen LogP contribution in [0.2, 0.25) is 10.0 Å². The van der Waals surface area contributed by atoms with E-state index in [0.717, 1.165) is 5.56 Å². The van der Waals surface area contributed by atoms with Gasteiger partial charge in [0.15, 0.2) is 11.4 Å². The molecule has 0 aliphatic heterocycles. The lowest BCUT2D eigenvalue weighted by Gasteiger charge is -2.10. The average Bonchev–Trinajstić information content (AvgIpc) is 2.51. The van der Waals surface area contributed by atoms with Gasteiger partial charge in [-0.15, -0.1) is 0 Å². The largest absolute Gasteiger partial charge is 0.490 e. The zero-order valence-electron chi connectivity index (χ0n) is 12.1. The third-order valence-corrected chi connectivity index (χ3v) is 3.53. The number of ether oxygens (including phenoxy) is 1. The van der Waals surface area contributed by atoms with Crippen LogP contribution in [0.4, 0.5) is 11.4 Å². The van der Waals surface area contributed by atoms with Gasteiger partial charge in [-0.1, -0.05) is 35.3 Å². The molecule has 8 heteroatoms. The minimum atomic E-state index is -0.590. The fourth-order valence-corrected chi connectivity index (χ4v) is 2.25. The van der Waals surface area contributed by atoms with Gasteiger partial charge in [-0.3, -0.25) is 10.1 Å². The van der Waals surface area contributed by atoms with E-state index in [9.17, 15) is 10.1 Å². The van der Waals surface area contributed by atoms with Crippen LogP contribution >= 0.6 is 23.2 Å². The summed E-state index contributed by atoms with van der Waals surface area (Å²) < 4.78 is 5.47. The van der Waals surface area contributed by atoms with Crippen molar-refractivity contribution in [2.45, 2.75) is 6.54 Å². The van der Waals surface area contributed by atoms with Crippen LogP contribution in [0.15, 0.2) is 36.4 Å². The van der Waals surface area contributed by atoms with Crippen LogP contribution in [-0.2, 0) is 6.54 Å². The molecule has 0 atom stereocenters. The second-order valence-electron chi connectivity index (χ2n) is 4.75. The van der Waals surface area contributed by atoms with Gasteiger partial charge in [-0.05, 0) is 17.7 Å². The first-order valence-electron chi connectivity index (χ1n) is 6.78. The summed E-state index contributed by atoms with van der Waals surface area (Å²) in [6.45, 7) is 1.50. The van der Waals surface area contributed by atoms with Gasteiger partial charge >= 0.3 is 0 Å². The zero-order valence-corrected chi connectivity index (χ0v) is 13.6. The number of nitrogens with one attached hydrogen (secondary N) is 1. The van der Waals surface area contributed by atoms with Crippen LogP contribution in [0.3, 0.4) is 0 Å². The molecule has 2 aromatic carbocycles. The van der Waals surface area contributed by atoms with Crippen LogP contribution in [0, 0.1) is 10.1 Å². The summed E-state index contributed by atoms with van der Waals surface area (Å²) in [6, 6.07) is 10.1. The first-order chi connectivity index (χ1) is 11.0. The molecule has 0 spiro atoms. The molecular formula is C15H15Cl2N3O3. The van der Waals surface area contributed by atoms with Gasteiger partial charge in [0.2, 0.25) is 0 Å². The van der Waals surface area contributed by atoms with Gasteiger partial charge in [-0.25, -0.2) is 0 Å². The first-order valence-corrected chi connectivity index (χ1v) is 7.54. The Bertz CT molecular complexity index is 693. The highest BCUT2D eigenvalue weighted by Crippen LogP contribution is 2.34. The van der Waals surface area contributed by atoms with Gasteiger partial charge in [0, 0.05) is 30.2 Å². The molecule has 0 aromatic heterocycles. The Morgan fingerprint density at radius 3 is 2.52 bits per heavy atom. The maximum Gasteiger partial charge on any atom is 0.297 e. The Morgan fingerprint density at radius 2 is 1.87 bits per heavy atom. The van der Waals surface area contributed by atoms with Crippen LogP contribution < -0.4 is 15.8 Å². The van der Waals surface area contributed by atoms with Crippen molar-refractivity contribution < 1.29 is 9.66 Å². The molecular weight excluding hydrogens is 341 g/mol. The summed E-state index contributed by atoms with van der Waals surface area (Å²) in [6.07, 6.45) is 0. The smallest absolute Gasteiger partial charge is 0.297 e. The molecule has 2 rings (SSSR count). The lowest BCUT2D eigenvalue weighted by Crippen LogP contribution is -2.20. The van der Waals surface area contributed by atoms with E-state index in [-0.39, 0.29) is 22.1 Å². The van der Waals surface area contributed by atoms with Crippen molar-refractivity contribution in [1.82, 2.24) is 5.32 Å². The standard InChI is InChI=1S/C15H15Cl2N3O3/c16-11-3-1-10(2-4-11)9-19-5-6-23-14-8-12(17)7-13(15(14)18)20(21)22/h1-4,7-8,19H,5-6,9,18H2. The van der Waals surface area contributed by atoms with Crippen LogP contribution in [0.5, 0.6) is 5.75 Å². The van der Waals surface area contributed by atoms with Gasteiger partial charge in [0.25, 0.3) is 5.69 Å². The highest BCUT2D eigenvalue weighted by atomic mass is 35.5. The number of nitrogen functional groups attached to an aromatic ring is 1. The summed E-state index contributed by atoms with van der Waals surface area (Å²) in [5, 5.41) is 15.0. The molecule has 0 bridgehead atoms. The SMILES string of the molecule is Nc1c(OCCNCc2ccc(Cl)cc2)cc(Cl)cc1[N+](=O)[O-]. The molecule has 0 aliphatic rings. The molecule has 0 unspecified atom stereocenters. The first kappa shape index (κ1) is 17.3. The van der Waals surface area contributed by atoms with Crippen molar-refractivity contribution in [1.29, 1.82) is 0 Å². The second-order valence-corrected chi connectivity index (χ2v) is 5.62. The Morgan fingerprint density at radius 1 is 1.17 bits per heavy atom. The lowest BCUT2D eigenvalue weighted by molar-refractivity contribution is -0.383. The van der Waals surface area contributed by atoms with Crippen molar-refractivity contribution in [3.05, 3.63) is 62.1 Å².